The van der Waals surface area contributed by atoms with E-state index in [2.05, 4.69) is 11.4 Å². The maximum atomic E-state index is 12.3. The summed E-state index contributed by atoms with van der Waals surface area (Å²) in [6, 6.07) is 7.81. The minimum absolute atomic E-state index is 0.0211. The molecule has 2 rings (SSSR count). The lowest BCUT2D eigenvalue weighted by atomic mass is 9.99. The number of carbonyl (C=O) groups excluding carboxylic acids is 1. The van der Waals surface area contributed by atoms with Crippen LogP contribution in [0.3, 0.4) is 0 Å². The number of hydrogen-bond donors (Lipinski definition) is 1. The van der Waals surface area contributed by atoms with Crippen molar-refractivity contribution in [1.82, 2.24) is 5.32 Å². The van der Waals surface area contributed by atoms with Crippen LogP contribution < -0.4 is 10.1 Å². The third kappa shape index (κ3) is 4.62. The molecule has 1 aliphatic carbocycles. The summed E-state index contributed by atoms with van der Waals surface area (Å²) in [5.74, 6) is 0.767. The van der Waals surface area contributed by atoms with E-state index in [0.29, 0.717) is 13.0 Å². The van der Waals surface area contributed by atoms with Crippen LogP contribution in [0, 0.1) is 6.92 Å². The highest BCUT2D eigenvalue weighted by Gasteiger charge is 2.19. The number of benzene rings is 1. The number of allylic oxidation sites excluding steroid dienone is 1. The second kappa shape index (κ2) is 7.87. The fourth-order valence-corrected chi connectivity index (χ4v) is 2.54. The van der Waals surface area contributed by atoms with Crippen LogP contribution in [0.2, 0.25) is 0 Å². The van der Waals surface area contributed by atoms with Gasteiger partial charge in [0.1, 0.15) is 5.75 Å². The average Bonchev–Trinajstić information content (AvgIpc) is 2.53. The van der Waals surface area contributed by atoms with E-state index in [1.54, 1.807) is 0 Å². The summed E-state index contributed by atoms with van der Waals surface area (Å²) in [5.41, 5.74) is 2.40. The fraction of sp³-hybridized carbons (Fsp3) is 0.500. The maximum absolute atomic E-state index is 12.3. The van der Waals surface area contributed by atoms with Crippen LogP contribution in [-0.4, -0.2) is 18.6 Å². The molecule has 21 heavy (non-hydrogen) atoms. The Kier molecular flexibility index (Phi) is 5.85. The summed E-state index contributed by atoms with van der Waals surface area (Å²) < 4.78 is 5.86. The van der Waals surface area contributed by atoms with Gasteiger partial charge in [0.15, 0.2) is 6.10 Å². The van der Waals surface area contributed by atoms with Gasteiger partial charge in [0.05, 0.1) is 0 Å². The number of aryl methyl sites for hydroxylation is 1. The lowest BCUT2D eigenvalue weighted by Crippen LogP contribution is -2.39. The molecule has 1 aliphatic rings. The van der Waals surface area contributed by atoms with Crippen molar-refractivity contribution >= 4 is 5.91 Å². The molecule has 0 fully saturated rings. The van der Waals surface area contributed by atoms with E-state index in [0.717, 1.165) is 24.2 Å². The van der Waals surface area contributed by atoms with Crippen LogP contribution in [0.1, 0.15) is 44.6 Å². The van der Waals surface area contributed by atoms with Gasteiger partial charge in [-0.15, -0.1) is 0 Å². The van der Waals surface area contributed by atoms with E-state index < -0.39 is 6.10 Å². The van der Waals surface area contributed by atoms with Crippen LogP contribution >= 0.6 is 0 Å². The number of para-hydroxylation sites is 1. The lowest BCUT2D eigenvalue weighted by molar-refractivity contribution is -0.127. The van der Waals surface area contributed by atoms with Gasteiger partial charge in [-0.1, -0.05) is 36.8 Å². The van der Waals surface area contributed by atoms with Gasteiger partial charge >= 0.3 is 0 Å². The second-order valence-electron chi connectivity index (χ2n) is 5.61. The van der Waals surface area contributed by atoms with E-state index in [1.165, 1.54) is 18.4 Å². The highest BCUT2D eigenvalue weighted by atomic mass is 16.5. The molecule has 3 nitrogen and oxygen atoms in total. The zero-order chi connectivity index (χ0) is 15.1. The molecule has 1 N–H and O–H groups in total. The van der Waals surface area contributed by atoms with Gasteiger partial charge in [0.2, 0.25) is 0 Å². The lowest BCUT2D eigenvalue weighted by Gasteiger charge is -2.20. The minimum atomic E-state index is -0.421. The summed E-state index contributed by atoms with van der Waals surface area (Å²) in [7, 11) is 0. The van der Waals surface area contributed by atoms with Crippen LogP contribution in [0.25, 0.3) is 0 Å². The van der Waals surface area contributed by atoms with E-state index in [1.807, 2.05) is 38.1 Å². The van der Waals surface area contributed by atoms with Gasteiger partial charge in [0.25, 0.3) is 5.91 Å². The molecule has 1 unspecified atom stereocenters. The largest absolute Gasteiger partial charge is 0.480 e. The van der Waals surface area contributed by atoms with E-state index in [-0.39, 0.29) is 5.91 Å². The van der Waals surface area contributed by atoms with Crippen LogP contribution in [0.4, 0.5) is 0 Å². The van der Waals surface area contributed by atoms with Crippen molar-refractivity contribution in [3.8, 4) is 5.75 Å². The molecule has 1 amide bonds. The van der Waals surface area contributed by atoms with Crippen molar-refractivity contribution in [2.75, 3.05) is 6.54 Å². The summed E-state index contributed by atoms with van der Waals surface area (Å²) >= 11 is 0. The minimum Gasteiger partial charge on any atom is -0.480 e. The molecule has 0 bridgehead atoms. The van der Waals surface area contributed by atoms with E-state index in [4.69, 9.17) is 4.74 Å². The molecule has 114 valence electrons. The third-order valence-electron chi connectivity index (χ3n) is 3.90. The molecule has 0 heterocycles. The Balaban J connectivity index is 1.89. The van der Waals surface area contributed by atoms with Crippen LogP contribution in [-0.2, 0) is 4.79 Å². The van der Waals surface area contributed by atoms with Crippen molar-refractivity contribution in [3.63, 3.8) is 0 Å². The van der Waals surface area contributed by atoms with Gasteiger partial charge in [-0.05, 0) is 50.7 Å². The molecule has 0 aliphatic heterocycles. The molecule has 0 spiro atoms. The number of amides is 1. The van der Waals surface area contributed by atoms with Crippen molar-refractivity contribution in [2.45, 2.75) is 52.1 Å². The SMILES string of the molecule is CCC(Oc1ccccc1C)C(=O)NCC1=CCCCC1. The molecule has 1 aromatic carbocycles. The van der Waals surface area contributed by atoms with Crippen LogP contribution in [0.15, 0.2) is 35.9 Å². The zero-order valence-electron chi connectivity index (χ0n) is 13.0. The quantitative estimate of drug-likeness (QED) is 0.809. The van der Waals surface area contributed by atoms with Crippen molar-refractivity contribution in [3.05, 3.63) is 41.5 Å². The van der Waals surface area contributed by atoms with Gasteiger partial charge in [0, 0.05) is 6.54 Å². The Morgan fingerprint density at radius 3 is 2.81 bits per heavy atom. The number of rotatable bonds is 6. The van der Waals surface area contributed by atoms with Crippen molar-refractivity contribution in [2.24, 2.45) is 0 Å². The second-order valence-corrected chi connectivity index (χ2v) is 5.61. The van der Waals surface area contributed by atoms with Gasteiger partial charge < -0.3 is 10.1 Å². The first-order valence-corrected chi connectivity index (χ1v) is 7.88. The molecular weight excluding hydrogens is 262 g/mol. The Bertz CT molecular complexity index is 508. The highest BCUT2D eigenvalue weighted by molar-refractivity contribution is 5.81. The first-order chi connectivity index (χ1) is 10.2. The average molecular weight is 287 g/mol. The molecular formula is C18H25NO2. The summed E-state index contributed by atoms with van der Waals surface area (Å²) in [4.78, 5) is 12.3. The Labute approximate surface area is 127 Å². The predicted octanol–water partition coefficient (Wildman–Crippen LogP) is 3.77. The third-order valence-corrected chi connectivity index (χ3v) is 3.90. The van der Waals surface area contributed by atoms with Gasteiger partial charge in [-0.2, -0.15) is 0 Å². The zero-order valence-corrected chi connectivity index (χ0v) is 13.0. The van der Waals surface area contributed by atoms with Gasteiger partial charge in [-0.3, -0.25) is 4.79 Å². The molecule has 1 atom stereocenters. The normalized spacial score (nSPS) is 16.0. The number of nitrogens with one attached hydrogen (secondary N) is 1. The van der Waals surface area contributed by atoms with E-state index in [9.17, 15) is 4.79 Å². The number of carbonyl (C=O) groups is 1. The molecule has 0 aromatic heterocycles. The molecule has 3 heteroatoms. The fourth-order valence-electron chi connectivity index (χ4n) is 2.54. The first-order valence-electron chi connectivity index (χ1n) is 7.88. The Morgan fingerprint density at radius 2 is 2.14 bits per heavy atom. The monoisotopic (exact) mass is 287 g/mol. The first kappa shape index (κ1) is 15.6. The number of ether oxygens (including phenoxy) is 1. The van der Waals surface area contributed by atoms with Crippen molar-refractivity contribution in [1.29, 1.82) is 0 Å². The Hall–Kier alpha value is -1.77. The molecule has 0 saturated heterocycles. The Morgan fingerprint density at radius 1 is 1.33 bits per heavy atom. The maximum Gasteiger partial charge on any atom is 0.261 e. The molecule has 0 saturated carbocycles. The van der Waals surface area contributed by atoms with E-state index >= 15 is 0 Å². The van der Waals surface area contributed by atoms with Gasteiger partial charge in [-0.25, -0.2) is 0 Å². The van der Waals surface area contributed by atoms with Crippen LogP contribution in [0.5, 0.6) is 5.75 Å². The predicted molar refractivity (Wildman–Crippen MR) is 85.4 cm³/mol. The standard InChI is InChI=1S/C18H25NO2/c1-3-16(21-17-12-8-7-9-14(17)2)18(20)19-13-15-10-5-4-6-11-15/h7-10,12,16H,3-6,11,13H2,1-2H3,(H,19,20). The highest BCUT2D eigenvalue weighted by Crippen LogP contribution is 2.19. The summed E-state index contributed by atoms with van der Waals surface area (Å²) in [5, 5.41) is 3.01. The molecule has 0 radical (unpaired) electrons. The number of hydrogen-bond acceptors (Lipinski definition) is 2. The summed E-state index contributed by atoms with van der Waals surface area (Å²) in [6.07, 6.45) is 7.25. The molecule has 1 aromatic rings. The smallest absolute Gasteiger partial charge is 0.261 e. The van der Waals surface area contributed by atoms with Crippen molar-refractivity contribution < 1.29 is 9.53 Å². The topological polar surface area (TPSA) is 38.3 Å². The summed E-state index contributed by atoms with van der Waals surface area (Å²) in [6.45, 7) is 4.63.